The Bertz CT molecular complexity index is 1180. The van der Waals surface area contributed by atoms with Gasteiger partial charge in [0, 0.05) is 0 Å². The first-order valence-corrected chi connectivity index (χ1v) is 17.1. The molecule has 0 saturated heterocycles. The van der Waals surface area contributed by atoms with Crippen molar-refractivity contribution in [2.75, 3.05) is 0 Å². The zero-order valence-electron chi connectivity index (χ0n) is 18.4. The molecule has 3 nitrogen and oxygen atoms in total. The van der Waals surface area contributed by atoms with Crippen LogP contribution in [0, 0.1) is 11.2 Å². The molecule has 3 aromatic rings. The molecule has 33 heavy (non-hydrogen) atoms. The fraction of sp³-hybridized carbons (Fsp3) is 0.167. The number of halogens is 3. The van der Waals surface area contributed by atoms with Crippen LogP contribution in [0.4, 0.5) is 13.2 Å². The molecule has 0 radical (unpaired) electrons. The van der Waals surface area contributed by atoms with Crippen molar-refractivity contribution in [1.82, 2.24) is 0 Å². The van der Waals surface area contributed by atoms with Gasteiger partial charge >= 0.3 is 194 Å². The molecule has 0 saturated carbocycles. The first-order chi connectivity index (χ1) is 15.3. The summed E-state index contributed by atoms with van der Waals surface area (Å²) in [6.07, 6.45) is 0. The molecule has 0 aromatic heterocycles. The van der Waals surface area contributed by atoms with Crippen molar-refractivity contribution >= 4 is 40.9 Å². The average molecular weight is 509 g/mol. The summed E-state index contributed by atoms with van der Waals surface area (Å²) in [5.74, 6) is 0. The maximum absolute atomic E-state index is 13.8. The minimum atomic E-state index is -6.05. The maximum atomic E-state index is 13.8. The molecule has 0 N–H and O–H groups in total. The van der Waals surface area contributed by atoms with Gasteiger partial charge in [0.2, 0.25) is 0 Å². The molecule has 3 rings (SSSR count). The molecule has 0 aliphatic rings. The molecule has 3 aromatic carbocycles. The van der Waals surface area contributed by atoms with Crippen LogP contribution in [0.2, 0.25) is 19.6 Å². The standard InChI is InChI=1S/C24H24F3O3PSSi/c1-33(2,3)20-19-31(21-13-7-4-8-14-21,22-15-9-5-10-16-22,23-17-11-6-12-18-23)30-32(28,29)24(25,26)27/h4-18H,1-3H3. The molecule has 0 heterocycles. The minimum absolute atomic E-state index is 0.277. The Morgan fingerprint density at radius 3 is 1.33 bits per heavy atom. The van der Waals surface area contributed by atoms with E-state index in [4.69, 9.17) is 3.97 Å². The molecule has 0 bridgehead atoms. The van der Waals surface area contributed by atoms with E-state index in [0.29, 0.717) is 0 Å². The Morgan fingerprint density at radius 2 is 1.06 bits per heavy atom. The zero-order valence-corrected chi connectivity index (χ0v) is 21.1. The first kappa shape index (κ1) is 25.2. The molecule has 174 valence electrons. The monoisotopic (exact) mass is 508 g/mol. The number of hydrogen-bond donors (Lipinski definition) is 0. The van der Waals surface area contributed by atoms with Crippen molar-refractivity contribution in [3.8, 4) is 11.2 Å². The molecule has 0 spiro atoms. The van der Waals surface area contributed by atoms with Crippen LogP contribution >= 0.6 is 6.83 Å². The van der Waals surface area contributed by atoms with Crippen molar-refractivity contribution in [3.05, 3.63) is 91.0 Å². The molecule has 0 atom stereocenters. The predicted molar refractivity (Wildman–Crippen MR) is 132 cm³/mol. The first-order valence-electron chi connectivity index (χ1n) is 10.1. The Hall–Kier alpha value is -2.43. The zero-order chi connectivity index (χ0) is 24.4. The summed E-state index contributed by atoms with van der Waals surface area (Å²) in [7, 11) is -8.27. The van der Waals surface area contributed by atoms with Crippen LogP contribution in [-0.4, -0.2) is 22.0 Å². The van der Waals surface area contributed by atoms with E-state index in [2.05, 4.69) is 11.2 Å². The summed E-state index contributed by atoms with van der Waals surface area (Å²) in [6, 6.07) is 24.5. The van der Waals surface area contributed by atoms with Crippen LogP contribution in [-0.2, 0) is 14.1 Å². The van der Waals surface area contributed by atoms with Crippen molar-refractivity contribution in [1.29, 1.82) is 0 Å². The van der Waals surface area contributed by atoms with Crippen molar-refractivity contribution in [2.45, 2.75) is 25.1 Å². The van der Waals surface area contributed by atoms with Gasteiger partial charge in [0.05, 0.1) is 0 Å². The summed E-state index contributed by atoms with van der Waals surface area (Å²) in [4.78, 5) is 0. The third-order valence-electron chi connectivity index (χ3n) is 4.92. The van der Waals surface area contributed by atoms with Crippen LogP contribution in [0.1, 0.15) is 0 Å². The quantitative estimate of drug-likeness (QED) is 0.208. The second-order valence-electron chi connectivity index (χ2n) is 8.50. The molecular formula is C24H24F3O3PSSi. The number of benzene rings is 3. The van der Waals surface area contributed by atoms with Crippen LogP contribution in [0.25, 0.3) is 0 Å². The predicted octanol–water partition coefficient (Wildman–Crippen LogP) is 5.14. The van der Waals surface area contributed by atoms with E-state index in [0.717, 1.165) is 0 Å². The second kappa shape index (κ2) is 8.73. The summed E-state index contributed by atoms with van der Waals surface area (Å²) in [5, 5.41) is 0.832. The molecular weight excluding hydrogens is 484 g/mol. The Labute approximate surface area is 193 Å². The second-order valence-corrected chi connectivity index (χ2v) is 19.1. The summed E-state index contributed by atoms with van der Waals surface area (Å²) in [6.45, 7) is 0.814. The van der Waals surface area contributed by atoms with Gasteiger partial charge in [0.25, 0.3) is 0 Å². The molecule has 0 fully saturated rings. The Morgan fingerprint density at radius 1 is 0.727 bits per heavy atom. The van der Waals surface area contributed by atoms with Crippen molar-refractivity contribution in [2.24, 2.45) is 0 Å². The molecule has 0 unspecified atom stereocenters. The summed E-state index contributed by atoms with van der Waals surface area (Å²) in [5.41, 5.74) is 0.638. The molecule has 0 aliphatic heterocycles. The third-order valence-corrected chi connectivity index (χ3v) is 12.9. The van der Waals surface area contributed by atoms with Gasteiger partial charge in [-0.25, -0.2) is 0 Å². The van der Waals surface area contributed by atoms with E-state index < -0.39 is 30.5 Å². The fourth-order valence-electron chi connectivity index (χ4n) is 3.44. The van der Waals surface area contributed by atoms with Crippen LogP contribution in [0.5, 0.6) is 0 Å². The number of rotatable bonds is 5. The molecule has 0 aliphatic carbocycles. The van der Waals surface area contributed by atoms with E-state index in [-0.39, 0.29) is 15.9 Å². The van der Waals surface area contributed by atoms with E-state index >= 15 is 0 Å². The van der Waals surface area contributed by atoms with Crippen LogP contribution < -0.4 is 15.9 Å². The Kier molecular flexibility index (Phi) is 6.67. The molecule has 0 amide bonds. The van der Waals surface area contributed by atoms with Gasteiger partial charge in [-0.3, -0.25) is 0 Å². The number of hydrogen-bond acceptors (Lipinski definition) is 3. The topological polar surface area (TPSA) is 43.4 Å². The summed E-state index contributed by atoms with van der Waals surface area (Å²) >= 11 is 0. The number of alkyl halides is 3. The van der Waals surface area contributed by atoms with Gasteiger partial charge in [-0.15, -0.1) is 0 Å². The van der Waals surface area contributed by atoms with Gasteiger partial charge in [0.1, 0.15) is 0 Å². The third kappa shape index (κ3) is 4.64. The fourth-order valence-corrected chi connectivity index (χ4v) is 12.2. The SMILES string of the molecule is C[Si](C)(C)C#CP(OS(=O)(=O)C(F)(F)F)(c1ccccc1)(c1ccccc1)c1ccccc1. The van der Waals surface area contributed by atoms with Gasteiger partial charge < -0.3 is 0 Å². The van der Waals surface area contributed by atoms with E-state index in [1.165, 1.54) is 0 Å². The van der Waals surface area contributed by atoms with E-state index in [1.54, 1.807) is 91.0 Å². The van der Waals surface area contributed by atoms with Crippen molar-refractivity contribution < 1.29 is 25.6 Å². The summed E-state index contributed by atoms with van der Waals surface area (Å²) < 4.78 is 72.5. The van der Waals surface area contributed by atoms with Gasteiger partial charge in [-0.1, -0.05) is 0 Å². The normalized spacial score (nSPS) is 13.9. The molecule has 9 heteroatoms. The van der Waals surface area contributed by atoms with E-state index in [1.807, 2.05) is 19.6 Å². The van der Waals surface area contributed by atoms with Crippen LogP contribution in [0.3, 0.4) is 0 Å². The van der Waals surface area contributed by atoms with Gasteiger partial charge in [0.15, 0.2) is 0 Å². The Balaban J connectivity index is 2.68. The van der Waals surface area contributed by atoms with Gasteiger partial charge in [-0.2, -0.15) is 0 Å². The van der Waals surface area contributed by atoms with Gasteiger partial charge in [-0.05, 0) is 0 Å². The van der Waals surface area contributed by atoms with Crippen molar-refractivity contribution in [3.63, 3.8) is 0 Å². The van der Waals surface area contributed by atoms with E-state index in [9.17, 15) is 21.6 Å². The average Bonchev–Trinajstić information content (AvgIpc) is 2.77. The van der Waals surface area contributed by atoms with Crippen LogP contribution in [0.15, 0.2) is 91.0 Å².